The Bertz CT molecular complexity index is 1060. The van der Waals surface area contributed by atoms with E-state index in [0.717, 1.165) is 12.1 Å². The van der Waals surface area contributed by atoms with Crippen molar-refractivity contribution in [3.8, 4) is 17.2 Å². The summed E-state index contributed by atoms with van der Waals surface area (Å²) in [4.78, 5) is 13.8. The summed E-state index contributed by atoms with van der Waals surface area (Å²) in [7, 11) is -1.07. The number of halogens is 2. The largest absolute Gasteiger partial charge is 0.497 e. The number of piperazine rings is 1. The van der Waals surface area contributed by atoms with E-state index < -0.39 is 34.2 Å². The van der Waals surface area contributed by atoms with Crippen LogP contribution in [-0.2, 0) is 14.8 Å². The maximum absolute atomic E-state index is 13.6. The van der Waals surface area contributed by atoms with Crippen LogP contribution in [0, 0.1) is 11.6 Å². The van der Waals surface area contributed by atoms with Crippen molar-refractivity contribution in [1.29, 1.82) is 0 Å². The smallest absolute Gasteiger partial charge is 0.260 e. The Morgan fingerprint density at radius 3 is 2.26 bits per heavy atom. The topological polar surface area (TPSA) is 85.4 Å². The van der Waals surface area contributed by atoms with Gasteiger partial charge >= 0.3 is 0 Å². The van der Waals surface area contributed by atoms with Gasteiger partial charge in [0.2, 0.25) is 10.0 Å². The van der Waals surface area contributed by atoms with Crippen LogP contribution < -0.4 is 14.2 Å². The predicted molar refractivity (Wildman–Crippen MR) is 107 cm³/mol. The molecule has 1 amide bonds. The van der Waals surface area contributed by atoms with Crippen LogP contribution in [0.25, 0.3) is 0 Å². The molecule has 168 valence electrons. The fourth-order valence-corrected chi connectivity index (χ4v) is 4.72. The second kappa shape index (κ2) is 9.48. The molecule has 1 aliphatic heterocycles. The maximum atomic E-state index is 13.6. The standard InChI is InChI=1S/C20H22F2N2O6S/c1-28-15-4-6-18(29-2)19(12-15)31(26,27)24-9-7-23(8-10-24)20(25)13-30-17-5-3-14(21)11-16(17)22/h3-6,11-12H,7-10,13H2,1-2H3. The molecule has 11 heteroatoms. The van der Waals surface area contributed by atoms with Crippen LogP contribution in [-0.4, -0.2) is 70.5 Å². The number of rotatable bonds is 7. The Morgan fingerprint density at radius 1 is 0.968 bits per heavy atom. The zero-order valence-electron chi connectivity index (χ0n) is 17.0. The van der Waals surface area contributed by atoms with E-state index in [1.54, 1.807) is 6.07 Å². The van der Waals surface area contributed by atoms with E-state index >= 15 is 0 Å². The highest BCUT2D eigenvalue weighted by Gasteiger charge is 2.32. The number of ether oxygens (including phenoxy) is 3. The SMILES string of the molecule is COc1ccc(OC)c(S(=O)(=O)N2CCN(C(=O)COc3ccc(F)cc3F)CC2)c1. The van der Waals surface area contributed by atoms with E-state index in [1.807, 2.05) is 0 Å². The van der Waals surface area contributed by atoms with Crippen molar-refractivity contribution >= 4 is 15.9 Å². The number of nitrogens with zero attached hydrogens (tertiary/aromatic N) is 2. The summed E-state index contributed by atoms with van der Waals surface area (Å²) in [5.74, 6) is -1.76. The van der Waals surface area contributed by atoms with Crippen molar-refractivity contribution in [3.05, 3.63) is 48.0 Å². The third kappa shape index (κ3) is 5.05. The quantitative estimate of drug-likeness (QED) is 0.633. The van der Waals surface area contributed by atoms with E-state index in [4.69, 9.17) is 14.2 Å². The Kier molecular flexibility index (Phi) is 6.96. The molecule has 3 rings (SSSR count). The van der Waals surface area contributed by atoms with Crippen molar-refractivity contribution in [2.45, 2.75) is 4.90 Å². The highest BCUT2D eigenvalue weighted by molar-refractivity contribution is 7.89. The monoisotopic (exact) mass is 456 g/mol. The summed E-state index contributed by atoms with van der Waals surface area (Å²) in [6.07, 6.45) is 0. The first kappa shape index (κ1) is 22.8. The summed E-state index contributed by atoms with van der Waals surface area (Å²) >= 11 is 0. The molecule has 0 unspecified atom stereocenters. The molecular formula is C20H22F2N2O6S. The van der Waals surface area contributed by atoms with E-state index in [2.05, 4.69) is 0 Å². The van der Waals surface area contributed by atoms with Gasteiger partial charge in [0, 0.05) is 38.3 Å². The molecule has 2 aromatic rings. The predicted octanol–water partition coefficient (Wildman–Crippen LogP) is 1.89. The molecule has 0 bridgehead atoms. The first-order valence-corrected chi connectivity index (χ1v) is 10.8. The number of benzene rings is 2. The lowest BCUT2D eigenvalue weighted by Gasteiger charge is -2.34. The zero-order valence-corrected chi connectivity index (χ0v) is 17.8. The number of carbonyl (C=O) groups excluding carboxylic acids is 1. The number of methoxy groups -OCH3 is 2. The van der Waals surface area contributed by atoms with Gasteiger partial charge in [0.15, 0.2) is 18.2 Å². The van der Waals surface area contributed by atoms with Gasteiger partial charge in [-0.2, -0.15) is 4.31 Å². The van der Waals surface area contributed by atoms with Crippen molar-refractivity contribution in [3.63, 3.8) is 0 Å². The van der Waals surface area contributed by atoms with Crippen LogP contribution in [0.2, 0.25) is 0 Å². The third-order valence-electron chi connectivity index (χ3n) is 4.83. The molecule has 0 atom stereocenters. The number of hydrogen-bond acceptors (Lipinski definition) is 6. The Labute approximate surface area is 179 Å². The average Bonchev–Trinajstić information content (AvgIpc) is 2.77. The van der Waals surface area contributed by atoms with Gasteiger partial charge in [-0.15, -0.1) is 0 Å². The molecule has 31 heavy (non-hydrogen) atoms. The molecule has 0 spiro atoms. The molecule has 0 saturated carbocycles. The Balaban J connectivity index is 1.62. The molecule has 0 aromatic heterocycles. The van der Waals surface area contributed by atoms with Crippen molar-refractivity contribution < 1.29 is 36.2 Å². The molecule has 8 nitrogen and oxygen atoms in total. The summed E-state index contributed by atoms with van der Waals surface area (Å²) in [5.41, 5.74) is 0. The molecule has 1 fully saturated rings. The maximum Gasteiger partial charge on any atom is 0.260 e. The van der Waals surface area contributed by atoms with Gasteiger partial charge in [-0.05, 0) is 24.3 Å². The summed E-state index contributed by atoms with van der Waals surface area (Å²) < 4.78 is 69.4. The highest BCUT2D eigenvalue weighted by Crippen LogP contribution is 2.31. The van der Waals surface area contributed by atoms with Gasteiger partial charge in [-0.1, -0.05) is 0 Å². The summed E-state index contributed by atoms with van der Waals surface area (Å²) in [6, 6.07) is 7.28. The van der Waals surface area contributed by atoms with E-state index in [0.29, 0.717) is 11.8 Å². The van der Waals surface area contributed by atoms with E-state index in [-0.39, 0.29) is 42.6 Å². The molecule has 1 heterocycles. The van der Waals surface area contributed by atoms with Gasteiger partial charge in [0.25, 0.3) is 5.91 Å². The first-order chi connectivity index (χ1) is 14.8. The second-order valence-corrected chi connectivity index (χ2v) is 8.57. The molecule has 2 aromatic carbocycles. The zero-order chi connectivity index (χ0) is 22.6. The van der Waals surface area contributed by atoms with E-state index in [1.165, 1.54) is 35.6 Å². The van der Waals surface area contributed by atoms with Gasteiger partial charge in [0.05, 0.1) is 14.2 Å². The number of sulfonamides is 1. The number of hydrogen-bond donors (Lipinski definition) is 0. The van der Waals surface area contributed by atoms with Crippen molar-refractivity contribution in [1.82, 2.24) is 9.21 Å². The molecule has 1 saturated heterocycles. The van der Waals surface area contributed by atoms with Crippen LogP contribution in [0.4, 0.5) is 8.78 Å². The fourth-order valence-electron chi connectivity index (χ4n) is 3.13. The number of carbonyl (C=O) groups is 1. The second-order valence-electron chi connectivity index (χ2n) is 6.67. The third-order valence-corrected chi connectivity index (χ3v) is 6.74. The number of amides is 1. The molecule has 0 N–H and O–H groups in total. The van der Waals surface area contributed by atoms with Crippen LogP contribution in [0.5, 0.6) is 17.2 Å². The minimum Gasteiger partial charge on any atom is -0.497 e. The summed E-state index contributed by atoms with van der Waals surface area (Å²) in [6.45, 7) is -0.0308. The van der Waals surface area contributed by atoms with Crippen LogP contribution >= 0.6 is 0 Å². The van der Waals surface area contributed by atoms with Crippen molar-refractivity contribution in [2.24, 2.45) is 0 Å². The molecule has 1 aliphatic rings. The van der Waals surface area contributed by atoms with Gasteiger partial charge < -0.3 is 19.1 Å². The molecule has 0 radical (unpaired) electrons. The lowest BCUT2D eigenvalue weighted by atomic mass is 10.3. The highest BCUT2D eigenvalue weighted by atomic mass is 32.2. The van der Waals surface area contributed by atoms with E-state index in [9.17, 15) is 22.0 Å². The lowest BCUT2D eigenvalue weighted by molar-refractivity contribution is -0.134. The van der Waals surface area contributed by atoms with Crippen molar-refractivity contribution in [2.75, 3.05) is 47.0 Å². The summed E-state index contributed by atoms with van der Waals surface area (Å²) in [5, 5.41) is 0. The van der Waals surface area contributed by atoms with Gasteiger partial charge in [0.1, 0.15) is 22.2 Å². The minimum atomic E-state index is -3.88. The van der Waals surface area contributed by atoms with Crippen LogP contribution in [0.1, 0.15) is 0 Å². The van der Waals surface area contributed by atoms with Crippen LogP contribution in [0.3, 0.4) is 0 Å². The van der Waals surface area contributed by atoms with Crippen LogP contribution in [0.15, 0.2) is 41.3 Å². The first-order valence-electron chi connectivity index (χ1n) is 9.34. The normalized spacial score (nSPS) is 14.9. The van der Waals surface area contributed by atoms with Gasteiger partial charge in [-0.3, -0.25) is 4.79 Å². The van der Waals surface area contributed by atoms with Gasteiger partial charge in [-0.25, -0.2) is 17.2 Å². The molecular weight excluding hydrogens is 434 g/mol. The lowest BCUT2D eigenvalue weighted by Crippen LogP contribution is -2.51. The fraction of sp³-hybridized carbons (Fsp3) is 0.350. The Morgan fingerprint density at radius 2 is 1.65 bits per heavy atom. The minimum absolute atomic E-state index is 0.0238. The average molecular weight is 456 g/mol. The molecule has 0 aliphatic carbocycles. The Hall–Kier alpha value is -2.92.